The smallest absolute Gasteiger partial charge is 0.231 e. The van der Waals surface area contributed by atoms with Crippen LogP contribution in [-0.4, -0.2) is 30.1 Å². The molecule has 0 radical (unpaired) electrons. The van der Waals surface area contributed by atoms with Crippen LogP contribution in [-0.2, 0) is 16.1 Å². The number of nitrogens with zero attached hydrogens (tertiary/aromatic N) is 1. The second kappa shape index (κ2) is 8.45. The maximum absolute atomic E-state index is 13.8. The molecule has 7 heteroatoms. The van der Waals surface area contributed by atoms with E-state index in [2.05, 4.69) is 5.32 Å². The zero-order valence-electron chi connectivity index (χ0n) is 18.1. The van der Waals surface area contributed by atoms with Crippen LogP contribution in [0, 0.1) is 24.6 Å². The van der Waals surface area contributed by atoms with Crippen molar-refractivity contribution in [2.24, 2.45) is 11.8 Å². The highest BCUT2D eigenvalue weighted by atomic mass is 19.1. The molecule has 2 amide bonds. The van der Waals surface area contributed by atoms with E-state index in [1.165, 1.54) is 6.07 Å². The molecular weight excluding hydrogens is 411 g/mol. The number of ether oxygens (including phenoxy) is 2. The Morgan fingerprint density at radius 1 is 1.03 bits per heavy atom. The molecule has 1 saturated heterocycles. The molecular formula is C25H27FN2O4. The number of nitrogens with one attached hydrogen (secondary N) is 1. The summed E-state index contributed by atoms with van der Waals surface area (Å²) in [5.41, 5.74) is 2.45. The van der Waals surface area contributed by atoms with Gasteiger partial charge in [-0.2, -0.15) is 0 Å². The van der Waals surface area contributed by atoms with E-state index < -0.39 is 0 Å². The van der Waals surface area contributed by atoms with Crippen LogP contribution in [0.3, 0.4) is 0 Å². The molecule has 32 heavy (non-hydrogen) atoms. The molecule has 1 N–H and O–H groups in total. The van der Waals surface area contributed by atoms with Crippen molar-refractivity contribution in [3.05, 3.63) is 58.9 Å². The molecule has 168 valence electrons. The van der Waals surface area contributed by atoms with Crippen molar-refractivity contribution >= 4 is 11.8 Å². The van der Waals surface area contributed by atoms with Gasteiger partial charge in [-0.1, -0.05) is 18.2 Å². The lowest BCUT2D eigenvalue weighted by atomic mass is 9.87. The lowest BCUT2D eigenvalue weighted by molar-refractivity contribution is -0.140. The molecule has 5 rings (SSSR count). The van der Waals surface area contributed by atoms with Gasteiger partial charge in [-0.05, 0) is 67.5 Å². The van der Waals surface area contributed by atoms with Gasteiger partial charge in [0.1, 0.15) is 5.82 Å². The summed E-state index contributed by atoms with van der Waals surface area (Å²) in [6.07, 6.45) is 3.19. The van der Waals surface area contributed by atoms with Gasteiger partial charge < -0.3 is 19.7 Å². The van der Waals surface area contributed by atoms with Gasteiger partial charge in [-0.25, -0.2) is 4.39 Å². The number of halogens is 1. The fraction of sp³-hybridized carbons (Fsp3) is 0.440. The Balaban J connectivity index is 1.27. The highest BCUT2D eigenvalue weighted by Gasteiger charge is 2.41. The van der Waals surface area contributed by atoms with Crippen LogP contribution in [0.2, 0.25) is 0 Å². The van der Waals surface area contributed by atoms with Gasteiger partial charge >= 0.3 is 0 Å². The number of benzene rings is 2. The molecule has 1 saturated carbocycles. The number of hydrogen-bond acceptors (Lipinski definition) is 4. The highest BCUT2D eigenvalue weighted by Crippen LogP contribution is 2.40. The van der Waals surface area contributed by atoms with Crippen LogP contribution < -0.4 is 14.8 Å². The van der Waals surface area contributed by atoms with Crippen molar-refractivity contribution < 1.29 is 23.5 Å². The first kappa shape index (κ1) is 20.8. The molecule has 6 nitrogen and oxygen atoms in total. The maximum Gasteiger partial charge on any atom is 0.231 e. The number of carbonyl (C=O) groups is 2. The summed E-state index contributed by atoms with van der Waals surface area (Å²) in [5.74, 6) is 1.02. The van der Waals surface area contributed by atoms with Gasteiger partial charge in [0.05, 0.1) is 12.0 Å². The number of rotatable bonds is 5. The molecule has 0 spiro atoms. The van der Waals surface area contributed by atoms with Crippen molar-refractivity contribution in [3.63, 3.8) is 0 Å². The summed E-state index contributed by atoms with van der Waals surface area (Å²) < 4.78 is 24.5. The monoisotopic (exact) mass is 438 g/mol. The van der Waals surface area contributed by atoms with Gasteiger partial charge in [0.2, 0.25) is 18.6 Å². The third-order valence-corrected chi connectivity index (χ3v) is 6.63. The first-order chi connectivity index (χ1) is 15.5. The lowest BCUT2D eigenvalue weighted by Crippen LogP contribution is -2.47. The molecule has 1 aliphatic carbocycles. The summed E-state index contributed by atoms with van der Waals surface area (Å²) in [7, 11) is 0. The number of likely N-dealkylation sites (tertiary alicyclic amines) is 1. The van der Waals surface area contributed by atoms with E-state index in [4.69, 9.17) is 9.47 Å². The van der Waals surface area contributed by atoms with Crippen LogP contribution >= 0.6 is 0 Å². The van der Waals surface area contributed by atoms with E-state index in [1.807, 2.05) is 29.2 Å². The van der Waals surface area contributed by atoms with Crippen LogP contribution in [0.25, 0.3) is 0 Å². The number of hydrogen-bond donors (Lipinski definition) is 1. The Bertz CT molecular complexity index is 1050. The topological polar surface area (TPSA) is 67.9 Å². The second-order valence-electron chi connectivity index (χ2n) is 8.97. The maximum atomic E-state index is 13.8. The van der Waals surface area contributed by atoms with Gasteiger partial charge in [0.25, 0.3) is 0 Å². The van der Waals surface area contributed by atoms with E-state index in [9.17, 15) is 14.0 Å². The van der Waals surface area contributed by atoms with Gasteiger partial charge in [-0.15, -0.1) is 0 Å². The molecule has 0 bridgehead atoms. The van der Waals surface area contributed by atoms with E-state index in [-0.39, 0.29) is 42.3 Å². The molecule has 2 aromatic carbocycles. The molecule has 2 heterocycles. The molecule has 2 fully saturated rings. The Morgan fingerprint density at radius 2 is 1.81 bits per heavy atom. The van der Waals surface area contributed by atoms with E-state index in [0.717, 1.165) is 24.0 Å². The quantitative estimate of drug-likeness (QED) is 0.770. The van der Waals surface area contributed by atoms with Gasteiger partial charge in [0, 0.05) is 19.0 Å². The summed E-state index contributed by atoms with van der Waals surface area (Å²) in [6, 6.07) is 10.6. The van der Waals surface area contributed by atoms with Crippen molar-refractivity contribution in [2.45, 2.75) is 45.2 Å². The summed E-state index contributed by atoms with van der Waals surface area (Å²) in [4.78, 5) is 27.9. The van der Waals surface area contributed by atoms with Crippen molar-refractivity contribution in [2.75, 3.05) is 13.3 Å². The second-order valence-corrected chi connectivity index (χ2v) is 8.97. The first-order valence-corrected chi connectivity index (χ1v) is 11.2. The van der Waals surface area contributed by atoms with E-state index >= 15 is 0 Å². The van der Waals surface area contributed by atoms with Crippen molar-refractivity contribution in [1.82, 2.24) is 10.2 Å². The minimum atomic E-state index is -0.260. The van der Waals surface area contributed by atoms with Crippen LogP contribution in [0.4, 0.5) is 4.39 Å². The Labute approximate surface area is 186 Å². The zero-order chi connectivity index (χ0) is 22.2. The Morgan fingerprint density at radius 3 is 2.59 bits per heavy atom. The number of carbonyl (C=O) groups excluding carboxylic acids is 2. The Kier molecular flexibility index (Phi) is 5.49. The number of amides is 2. The predicted octanol–water partition coefficient (Wildman–Crippen LogP) is 3.87. The zero-order valence-corrected chi connectivity index (χ0v) is 18.1. The average Bonchev–Trinajstić information content (AvgIpc) is 3.55. The number of piperidine rings is 1. The first-order valence-electron chi connectivity index (χ1n) is 11.2. The number of fused-ring (bicyclic) bond motifs is 1. The average molecular weight is 438 g/mol. The fourth-order valence-electron chi connectivity index (χ4n) is 4.60. The number of aryl methyl sites for hydroxylation is 1. The molecule has 2 unspecified atom stereocenters. The third kappa shape index (κ3) is 4.16. The van der Waals surface area contributed by atoms with Crippen molar-refractivity contribution in [1.29, 1.82) is 0 Å². The van der Waals surface area contributed by atoms with Crippen LogP contribution in [0.1, 0.15) is 48.4 Å². The van der Waals surface area contributed by atoms with E-state index in [1.54, 1.807) is 13.0 Å². The standard InChI is InChI=1S/C25H27FN2O4/c1-15-10-18(5-7-20(15)26)21-8-6-19(13-28(21)25(30)17-3-4-17)24(29)27-12-16-2-9-22-23(11-16)32-14-31-22/h2,5,7,9-11,17,19,21H,3-4,6,8,12-14H2,1H3,(H,27,29). The minimum Gasteiger partial charge on any atom is -0.454 e. The van der Waals surface area contributed by atoms with Crippen LogP contribution in [0.15, 0.2) is 36.4 Å². The SMILES string of the molecule is Cc1cc(C2CCC(C(=O)NCc3ccc4c(c3)OCO4)CN2C(=O)C2CC2)ccc1F. The summed E-state index contributed by atoms with van der Waals surface area (Å²) in [6.45, 7) is 2.74. The Hall–Kier alpha value is -3.09. The largest absolute Gasteiger partial charge is 0.454 e. The predicted molar refractivity (Wildman–Crippen MR) is 115 cm³/mol. The summed E-state index contributed by atoms with van der Waals surface area (Å²) in [5, 5.41) is 3.01. The third-order valence-electron chi connectivity index (χ3n) is 6.63. The molecule has 2 aliphatic heterocycles. The molecule has 0 aromatic heterocycles. The highest BCUT2D eigenvalue weighted by molar-refractivity contribution is 5.84. The van der Waals surface area contributed by atoms with Crippen molar-refractivity contribution in [3.8, 4) is 11.5 Å². The van der Waals surface area contributed by atoms with Gasteiger partial charge in [-0.3, -0.25) is 9.59 Å². The summed E-state index contributed by atoms with van der Waals surface area (Å²) >= 11 is 0. The lowest BCUT2D eigenvalue weighted by Gasteiger charge is -2.40. The minimum absolute atomic E-state index is 0.0509. The molecule has 2 atom stereocenters. The fourth-order valence-corrected chi connectivity index (χ4v) is 4.60. The van der Waals surface area contributed by atoms with Gasteiger partial charge in [0.15, 0.2) is 11.5 Å². The van der Waals surface area contributed by atoms with E-state index in [0.29, 0.717) is 43.0 Å². The van der Waals surface area contributed by atoms with Crippen LogP contribution in [0.5, 0.6) is 11.5 Å². The molecule has 3 aliphatic rings. The normalized spacial score (nSPS) is 22.0. The molecule has 2 aromatic rings.